The Balaban J connectivity index is 2.43. The van der Waals surface area contributed by atoms with Gasteiger partial charge in [-0.1, -0.05) is 11.6 Å². The van der Waals surface area contributed by atoms with E-state index in [1.165, 1.54) is 22.9 Å². The molecule has 0 unspecified atom stereocenters. The molecule has 0 saturated carbocycles. The van der Waals surface area contributed by atoms with E-state index < -0.39 is 0 Å². The van der Waals surface area contributed by atoms with Gasteiger partial charge < -0.3 is 0 Å². The van der Waals surface area contributed by atoms with Crippen LogP contribution in [0.2, 0.25) is 4.34 Å². The molecular formula is C6H2BrClN2S2. The summed E-state index contributed by atoms with van der Waals surface area (Å²) >= 11 is 11.8. The summed E-state index contributed by atoms with van der Waals surface area (Å²) in [4.78, 5) is 5.23. The first-order valence-corrected chi connectivity index (χ1v) is 5.77. The van der Waals surface area contributed by atoms with Crippen LogP contribution in [-0.4, -0.2) is 9.36 Å². The number of hydrogen-bond donors (Lipinski definition) is 0. The van der Waals surface area contributed by atoms with E-state index in [2.05, 4.69) is 25.3 Å². The Morgan fingerprint density at radius 1 is 1.42 bits per heavy atom. The summed E-state index contributed by atoms with van der Waals surface area (Å²) < 4.78 is 5.42. The van der Waals surface area contributed by atoms with Crippen LogP contribution in [0, 0.1) is 0 Å². The summed E-state index contributed by atoms with van der Waals surface area (Å²) in [7, 11) is 0. The van der Waals surface area contributed by atoms with Gasteiger partial charge in [0.2, 0.25) is 4.73 Å². The Labute approximate surface area is 90.5 Å². The monoisotopic (exact) mass is 280 g/mol. The van der Waals surface area contributed by atoms with Crippen LogP contribution >= 0.6 is 50.4 Å². The van der Waals surface area contributed by atoms with Crippen molar-refractivity contribution in [3.8, 4) is 9.88 Å². The van der Waals surface area contributed by atoms with Crippen LogP contribution in [-0.2, 0) is 0 Å². The lowest BCUT2D eigenvalue weighted by atomic mass is 10.5. The maximum Gasteiger partial charge on any atom is 0.209 e. The maximum atomic E-state index is 5.78. The fraction of sp³-hybridized carbons (Fsp3) is 0. The van der Waals surface area contributed by atoms with Gasteiger partial charge in [-0.25, -0.2) is 4.98 Å². The van der Waals surface area contributed by atoms with Crippen molar-refractivity contribution in [2.75, 3.05) is 0 Å². The van der Waals surface area contributed by atoms with Crippen LogP contribution in [0.25, 0.3) is 9.88 Å². The minimum Gasteiger partial charge on any atom is -0.208 e. The van der Waals surface area contributed by atoms with Crippen molar-refractivity contribution in [3.05, 3.63) is 21.2 Å². The zero-order valence-corrected chi connectivity index (χ0v) is 9.60. The van der Waals surface area contributed by atoms with E-state index in [0.29, 0.717) is 4.73 Å². The Bertz CT molecular complexity index is 359. The number of hydrogen-bond acceptors (Lipinski definition) is 4. The molecule has 0 atom stereocenters. The van der Waals surface area contributed by atoms with Crippen molar-refractivity contribution in [3.63, 3.8) is 0 Å². The van der Waals surface area contributed by atoms with Crippen molar-refractivity contribution >= 4 is 50.4 Å². The molecule has 2 heterocycles. The first kappa shape index (κ1) is 8.62. The number of aromatic nitrogens is 2. The van der Waals surface area contributed by atoms with E-state index in [1.54, 1.807) is 0 Å². The molecule has 6 heteroatoms. The second-order valence-corrected chi connectivity index (χ2v) is 5.15. The van der Waals surface area contributed by atoms with E-state index in [1.807, 2.05) is 12.1 Å². The van der Waals surface area contributed by atoms with Crippen LogP contribution in [0.3, 0.4) is 0 Å². The summed E-state index contributed by atoms with van der Waals surface area (Å²) in [6, 6.07) is 3.80. The molecule has 0 N–H and O–H groups in total. The summed E-state index contributed by atoms with van der Waals surface area (Å²) in [5.74, 6) is 0. The molecule has 0 aliphatic heterocycles. The molecule has 2 aromatic heterocycles. The second kappa shape index (κ2) is 3.41. The first-order chi connectivity index (χ1) is 5.75. The van der Waals surface area contributed by atoms with E-state index >= 15 is 0 Å². The molecule has 0 saturated heterocycles. The molecule has 2 rings (SSSR count). The molecule has 0 spiro atoms. The highest BCUT2D eigenvalue weighted by atomic mass is 79.9. The average molecular weight is 282 g/mol. The summed E-state index contributed by atoms with van der Waals surface area (Å²) in [5.41, 5.74) is 0. The van der Waals surface area contributed by atoms with Gasteiger partial charge in [0.1, 0.15) is 0 Å². The molecule has 2 nitrogen and oxygen atoms in total. The Morgan fingerprint density at radius 3 is 2.75 bits per heavy atom. The number of nitrogens with zero attached hydrogens (tertiary/aromatic N) is 2. The van der Waals surface area contributed by atoms with Gasteiger partial charge in [-0.15, -0.1) is 11.3 Å². The first-order valence-electron chi connectivity index (χ1n) is 3.00. The molecule has 0 aromatic carbocycles. The van der Waals surface area contributed by atoms with Crippen LogP contribution < -0.4 is 0 Å². The van der Waals surface area contributed by atoms with Gasteiger partial charge in [0.25, 0.3) is 0 Å². The minimum atomic E-state index is 0.632. The van der Waals surface area contributed by atoms with Crippen molar-refractivity contribution in [2.45, 2.75) is 0 Å². The Morgan fingerprint density at radius 2 is 2.25 bits per heavy atom. The molecule has 0 aliphatic carbocycles. The molecule has 0 bridgehead atoms. The predicted octanol–water partition coefficient (Wildman–Crippen LogP) is 3.68. The molecule has 0 radical (unpaired) electrons. The maximum absolute atomic E-state index is 5.78. The summed E-state index contributed by atoms with van der Waals surface area (Å²) in [6.45, 7) is 0. The van der Waals surface area contributed by atoms with E-state index in [4.69, 9.17) is 11.6 Å². The third-order valence-corrected chi connectivity index (χ3v) is 3.89. The van der Waals surface area contributed by atoms with Gasteiger partial charge in [-0.05, 0) is 39.6 Å². The molecular weight excluding hydrogens is 280 g/mol. The largest absolute Gasteiger partial charge is 0.209 e. The number of halogens is 2. The Hall–Kier alpha value is 0.0300. The lowest BCUT2D eigenvalue weighted by Gasteiger charge is -1.82. The van der Waals surface area contributed by atoms with Gasteiger partial charge in [0, 0.05) is 0 Å². The quantitative estimate of drug-likeness (QED) is 0.797. The van der Waals surface area contributed by atoms with Crippen molar-refractivity contribution in [2.24, 2.45) is 0 Å². The topological polar surface area (TPSA) is 25.8 Å². The van der Waals surface area contributed by atoms with Gasteiger partial charge in [0.05, 0.1) is 9.21 Å². The smallest absolute Gasteiger partial charge is 0.208 e. The Kier molecular flexibility index (Phi) is 2.45. The fourth-order valence-electron chi connectivity index (χ4n) is 0.735. The standard InChI is InChI=1S/C6H2BrClN2S2/c7-6-9-5(12-10-6)3-1-2-4(8)11-3/h1-2H. The van der Waals surface area contributed by atoms with Gasteiger partial charge >= 0.3 is 0 Å². The van der Waals surface area contributed by atoms with E-state index in [-0.39, 0.29) is 0 Å². The predicted molar refractivity (Wildman–Crippen MR) is 55.9 cm³/mol. The molecule has 12 heavy (non-hydrogen) atoms. The van der Waals surface area contributed by atoms with Gasteiger partial charge in [-0.3, -0.25) is 0 Å². The van der Waals surface area contributed by atoms with Crippen molar-refractivity contribution < 1.29 is 0 Å². The highest BCUT2D eigenvalue weighted by Crippen LogP contribution is 2.32. The van der Waals surface area contributed by atoms with Crippen LogP contribution in [0.15, 0.2) is 16.9 Å². The van der Waals surface area contributed by atoms with Crippen LogP contribution in [0.1, 0.15) is 0 Å². The van der Waals surface area contributed by atoms with Crippen molar-refractivity contribution in [1.29, 1.82) is 0 Å². The van der Waals surface area contributed by atoms with Crippen molar-refractivity contribution in [1.82, 2.24) is 9.36 Å². The highest BCUT2D eigenvalue weighted by molar-refractivity contribution is 9.10. The van der Waals surface area contributed by atoms with Gasteiger partial charge in [-0.2, -0.15) is 4.37 Å². The number of rotatable bonds is 1. The van der Waals surface area contributed by atoms with Gasteiger partial charge in [0.15, 0.2) is 5.01 Å². The molecule has 0 fully saturated rings. The van der Waals surface area contributed by atoms with Crippen LogP contribution in [0.5, 0.6) is 0 Å². The zero-order valence-electron chi connectivity index (χ0n) is 5.62. The summed E-state index contributed by atoms with van der Waals surface area (Å²) in [6.07, 6.45) is 0. The minimum absolute atomic E-state index is 0.632. The lowest BCUT2D eigenvalue weighted by Crippen LogP contribution is -1.66. The fourth-order valence-corrected chi connectivity index (χ4v) is 2.90. The third-order valence-electron chi connectivity index (χ3n) is 1.19. The molecule has 0 aliphatic rings. The molecule has 0 amide bonds. The third kappa shape index (κ3) is 1.69. The second-order valence-electron chi connectivity index (χ2n) is 1.97. The van der Waals surface area contributed by atoms with E-state index in [9.17, 15) is 0 Å². The van der Waals surface area contributed by atoms with Crippen LogP contribution in [0.4, 0.5) is 0 Å². The normalized spacial score (nSPS) is 10.5. The average Bonchev–Trinajstić information content (AvgIpc) is 2.58. The number of thiophene rings is 1. The molecule has 62 valence electrons. The lowest BCUT2D eigenvalue weighted by molar-refractivity contribution is 1.26. The SMILES string of the molecule is Clc1ccc(-c2nc(Br)ns2)s1. The summed E-state index contributed by atoms with van der Waals surface area (Å²) in [5, 5.41) is 0.902. The molecule has 2 aromatic rings. The van der Waals surface area contributed by atoms with E-state index in [0.717, 1.165) is 14.2 Å². The zero-order chi connectivity index (χ0) is 8.55. The highest BCUT2D eigenvalue weighted by Gasteiger charge is 2.06.